The molecule has 0 bridgehead atoms. The van der Waals surface area contributed by atoms with E-state index in [0.717, 1.165) is 17.5 Å². The van der Waals surface area contributed by atoms with E-state index in [2.05, 4.69) is 4.98 Å². The lowest BCUT2D eigenvalue weighted by molar-refractivity contribution is -0.260. The number of nitrogens with two attached hydrogens (primary N) is 1. The topological polar surface area (TPSA) is 62.4 Å². The molecule has 92 valence electrons. The molecule has 4 nitrogen and oxygen atoms in total. The van der Waals surface area contributed by atoms with Crippen LogP contribution >= 0.6 is 11.3 Å². The molecule has 0 saturated heterocycles. The Labute approximate surface area is 94.5 Å². The number of halogens is 3. The Morgan fingerprint density at radius 2 is 2.06 bits per heavy atom. The molecule has 1 aromatic rings. The van der Waals surface area contributed by atoms with Crippen molar-refractivity contribution >= 4 is 16.5 Å². The largest absolute Gasteiger partial charge is 0.423 e. The van der Waals surface area contributed by atoms with Crippen LogP contribution in [0, 0.1) is 0 Å². The maximum Gasteiger partial charge on any atom is 0.423 e. The van der Waals surface area contributed by atoms with Crippen molar-refractivity contribution < 1.29 is 18.3 Å². The first-order chi connectivity index (χ1) is 7.22. The summed E-state index contributed by atoms with van der Waals surface area (Å²) >= 11 is 0.764. The molecule has 1 aromatic heterocycles. The SMILES string of the molecule is CN(C)c1ncc(C(O)(CN)C(F)(F)F)s1. The van der Waals surface area contributed by atoms with E-state index in [1.54, 1.807) is 19.0 Å². The van der Waals surface area contributed by atoms with Crippen LogP contribution in [0.1, 0.15) is 4.88 Å². The summed E-state index contributed by atoms with van der Waals surface area (Å²) in [6, 6.07) is 0. The van der Waals surface area contributed by atoms with Crippen LogP contribution in [0.4, 0.5) is 18.3 Å². The monoisotopic (exact) mass is 255 g/mol. The molecular formula is C8H12F3N3OS. The van der Waals surface area contributed by atoms with Gasteiger partial charge in [-0.1, -0.05) is 11.3 Å². The molecule has 1 atom stereocenters. The van der Waals surface area contributed by atoms with Crippen LogP contribution in [-0.2, 0) is 5.60 Å². The second kappa shape index (κ2) is 4.19. The van der Waals surface area contributed by atoms with Crippen molar-refractivity contribution in [2.45, 2.75) is 11.8 Å². The van der Waals surface area contributed by atoms with Gasteiger partial charge in [0.25, 0.3) is 0 Å². The van der Waals surface area contributed by atoms with Gasteiger partial charge in [0.1, 0.15) is 0 Å². The number of nitrogens with zero attached hydrogens (tertiary/aromatic N) is 2. The molecule has 3 N–H and O–H groups in total. The Bertz CT molecular complexity index is 366. The number of rotatable bonds is 3. The molecular weight excluding hydrogens is 243 g/mol. The average Bonchev–Trinajstić information content (AvgIpc) is 2.63. The van der Waals surface area contributed by atoms with Crippen LogP contribution in [0.5, 0.6) is 0 Å². The van der Waals surface area contributed by atoms with Gasteiger partial charge in [-0.15, -0.1) is 0 Å². The van der Waals surface area contributed by atoms with Gasteiger partial charge in [0.2, 0.25) is 5.60 Å². The fourth-order valence-corrected chi connectivity index (χ4v) is 1.98. The number of anilines is 1. The van der Waals surface area contributed by atoms with E-state index < -0.39 is 18.3 Å². The summed E-state index contributed by atoms with van der Waals surface area (Å²) in [4.78, 5) is 5.03. The molecule has 0 aromatic carbocycles. The van der Waals surface area contributed by atoms with Crippen molar-refractivity contribution in [3.8, 4) is 0 Å². The normalized spacial score (nSPS) is 15.9. The van der Waals surface area contributed by atoms with E-state index >= 15 is 0 Å². The van der Waals surface area contributed by atoms with Gasteiger partial charge >= 0.3 is 6.18 Å². The lowest BCUT2D eigenvalue weighted by Gasteiger charge is -2.27. The van der Waals surface area contributed by atoms with Crippen LogP contribution in [-0.4, -0.2) is 36.9 Å². The van der Waals surface area contributed by atoms with Crippen molar-refractivity contribution in [3.05, 3.63) is 11.1 Å². The standard InChI is InChI=1S/C8H12F3N3OS/c1-14(2)6-13-3-5(16-6)7(15,4-12)8(9,10)11/h3,15H,4,12H2,1-2H3. The number of hydrogen-bond donors (Lipinski definition) is 2. The smallest absolute Gasteiger partial charge is 0.375 e. The Hall–Kier alpha value is -0.860. The second-order valence-electron chi connectivity index (χ2n) is 3.46. The summed E-state index contributed by atoms with van der Waals surface area (Å²) in [6.07, 6.45) is -3.81. The van der Waals surface area contributed by atoms with Crippen LogP contribution < -0.4 is 10.6 Å². The first-order valence-corrected chi connectivity index (χ1v) is 5.17. The Morgan fingerprint density at radius 3 is 2.38 bits per heavy atom. The molecule has 0 fully saturated rings. The molecule has 0 aliphatic carbocycles. The highest BCUT2D eigenvalue weighted by Crippen LogP contribution is 2.41. The minimum absolute atomic E-state index is 0.300. The molecule has 1 unspecified atom stereocenters. The Balaban J connectivity index is 3.14. The molecule has 0 aliphatic rings. The van der Waals surface area contributed by atoms with Crippen molar-refractivity contribution in [1.29, 1.82) is 0 Å². The summed E-state index contributed by atoms with van der Waals surface area (Å²) in [7, 11) is 3.30. The maximum absolute atomic E-state index is 12.6. The van der Waals surface area contributed by atoms with Crippen molar-refractivity contribution in [2.24, 2.45) is 5.73 Å². The van der Waals surface area contributed by atoms with Crippen LogP contribution in [0.2, 0.25) is 0 Å². The highest BCUT2D eigenvalue weighted by Gasteiger charge is 2.55. The average molecular weight is 255 g/mol. The summed E-state index contributed by atoms with van der Waals surface area (Å²) in [6.45, 7) is -0.925. The van der Waals surface area contributed by atoms with Crippen molar-refractivity contribution in [3.63, 3.8) is 0 Å². The molecule has 0 aliphatic heterocycles. The third-order valence-electron chi connectivity index (χ3n) is 2.05. The molecule has 1 rings (SSSR count). The fraction of sp³-hybridized carbons (Fsp3) is 0.625. The third kappa shape index (κ3) is 2.13. The Morgan fingerprint density at radius 1 is 1.50 bits per heavy atom. The van der Waals surface area contributed by atoms with Crippen molar-refractivity contribution in [2.75, 3.05) is 25.5 Å². The zero-order chi connectivity index (χ0) is 12.6. The minimum Gasteiger partial charge on any atom is -0.375 e. The predicted octanol–water partition coefficient (Wildman–Crippen LogP) is 0.918. The van der Waals surface area contributed by atoms with Gasteiger partial charge in [0.15, 0.2) is 5.13 Å². The van der Waals surface area contributed by atoms with E-state index in [1.807, 2.05) is 0 Å². The molecule has 1 heterocycles. The number of hydrogen-bond acceptors (Lipinski definition) is 5. The molecule has 8 heteroatoms. The van der Waals surface area contributed by atoms with E-state index in [-0.39, 0.29) is 4.88 Å². The molecule has 0 spiro atoms. The van der Waals surface area contributed by atoms with Gasteiger partial charge in [-0.05, 0) is 0 Å². The van der Waals surface area contributed by atoms with E-state index in [1.165, 1.54) is 0 Å². The summed E-state index contributed by atoms with van der Waals surface area (Å²) < 4.78 is 37.9. The molecule has 0 saturated carbocycles. The van der Waals surface area contributed by atoms with Gasteiger partial charge in [-0.3, -0.25) is 0 Å². The summed E-state index contributed by atoms with van der Waals surface area (Å²) in [5.74, 6) is 0. The van der Waals surface area contributed by atoms with E-state index in [9.17, 15) is 18.3 Å². The summed E-state index contributed by atoms with van der Waals surface area (Å²) in [5, 5.41) is 9.91. The number of alkyl halides is 3. The maximum atomic E-state index is 12.6. The Kier molecular flexibility index (Phi) is 3.46. The fourth-order valence-electron chi connectivity index (χ4n) is 1.02. The highest BCUT2D eigenvalue weighted by molar-refractivity contribution is 7.15. The van der Waals surface area contributed by atoms with E-state index in [0.29, 0.717) is 5.13 Å². The first kappa shape index (κ1) is 13.2. The van der Waals surface area contributed by atoms with Crippen LogP contribution in [0.25, 0.3) is 0 Å². The minimum atomic E-state index is -4.81. The second-order valence-corrected chi connectivity index (χ2v) is 4.47. The number of aromatic nitrogens is 1. The van der Waals surface area contributed by atoms with Crippen LogP contribution in [0.15, 0.2) is 6.20 Å². The molecule has 0 amide bonds. The molecule has 0 radical (unpaired) electrons. The first-order valence-electron chi connectivity index (χ1n) is 4.35. The summed E-state index contributed by atoms with van der Waals surface area (Å²) in [5.41, 5.74) is 1.99. The molecule has 16 heavy (non-hydrogen) atoms. The quantitative estimate of drug-likeness (QED) is 0.843. The zero-order valence-corrected chi connectivity index (χ0v) is 9.56. The zero-order valence-electron chi connectivity index (χ0n) is 8.75. The lowest BCUT2D eigenvalue weighted by atomic mass is 10.0. The highest BCUT2D eigenvalue weighted by atomic mass is 32.1. The van der Waals surface area contributed by atoms with Gasteiger partial charge in [-0.25, -0.2) is 4.98 Å². The van der Waals surface area contributed by atoms with E-state index in [4.69, 9.17) is 5.73 Å². The third-order valence-corrected chi connectivity index (χ3v) is 3.36. The number of thiazole rings is 1. The lowest BCUT2D eigenvalue weighted by Crippen LogP contribution is -2.47. The predicted molar refractivity (Wildman–Crippen MR) is 55.4 cm³/mol. The van der Waals surface area contributed by atoms with Crippen LogP contribution in [0.3, 0.4) is 0 Å². The van der Waals surface area contributed by atoms with Gasteiger partial charge < -0.3 is 15.7 Å². The van der Waals surface area contributed by atoms with Gasteiger partial charge in [-0.2, -0.15) is 13.2 Å². The van der Waals surface area contributed by atoms with Gasteiger partial charge in [0, 0.05) is 26.8 Å². The van der Waals surface area contributed by atoms with Gasteiger partial charge in [0.05, 0.1) is 4.88 Å². The number of aliphatic hydroxyl groups is 1. The van der Waals surface area contributed by atoms with Crippen molar-refractivity contribution in [1.82, 2.24) is 4.98 Å².